The van der Waals surface area contributed by atoms with Gasteiger partial charge in [0.2, 0.25) is 0 Å². The SMILES string of the molecule is C[C@@H](O)Cc1scnc1C1CC1. The van der Waals surface area contributed by atoms with Crippen LogP contribution in [0.3, 0.4) is 0 Å². The van der Waals surface area contributed by atoms with Gasteiger partial charge in [-0.2, -0.15) is 0 Å². The first kappa shape index (κ1) is 8.20. The smallest absolute Gasteiger partial charge is 0.0797 e. The zero-order valence-corrected chi connectivity index (χ0v) is 7.97. The Morgan fingerprint density at radius 1 is 1.75 bits per heavy atom. The van der Waals surface area contributed by atoms with Crippen LogP contribution in [0.25, 0.3) is 0 Å². The third-order valence-electron chi connectivity index (χ3n) is 2.12. The van der Waals surface area contributed by atoms with E-state index in [1.165, 1.54) is 23.4 Å². The molecule has 1 atom stereocenters. The summed E-state index contributed by atoms with van der Waals surface area (Å²) in [5.41, 5.74) is 3.15. The first-order valence-electron chi connectivity index (χ1n) is 4.37. The highest BCUT2D eigenvalue weighted by Crippen LogP contribution is 2.41. The van der Waals surface area contributed by atoms with E-state index in [1.54, 1.807) is 11.3 Å². The van der Waals surface area contributed by atoms with Gasteiger partial charge < -0.3 is 5.11 Å². The first-order chi connectivity index (χ1) is 5.77. The number of thiazole rings is 1. The average molecular weight is 183 g/mol. The standard InChI is InChI=1S/C9H13NOS/c1-6(11)4-8-9(7-2-3-7)10-5-12-8/h5-7,11H,2-4H2,1H3/t6-/m1/s1. The molecule has 3 heteroatoms. The molecule has 0 unspecified atom stereocenters. The maximum absolute atomic E-state index is 9.23. The lowest BCUT2D eigenvalue weighted by Gasteiger charge is -2.02. The van der Waals surface area contributed by atoms with Crippen molar-refractivity contribution < 1.29 is 5.11 Å². The average Bonchev–Trinajstić information content (AvgIpc) is 2.73. The normalized spacial score (nSPS) is 19.5. The van der Waals surface area contributed by atoms with Crippen LogP contribution in [0.15, 0.2) is 5.51 Å². The van der Waals surface area contributed by atoms with Gasteiger partial charge in [0.1, 0.15) is 0 Å². The molecule has 0 aromatic carbocycles. The van der Waals surface area contributed by atoms with Crippen molar-refractivity contribution in [3.8, 4) is 0 Å². The second kappa shape index (κ2) is 3.15. The number of hydrogen-bond acceptors (Lipinski definition) is 3. The van der Waals surface area contributed by atoms with Crippen LogP contribution in [-0.2, 0) is 6.42 Å². The monoisotopic (exact) mass is 183 g/mol. The maximum atomic E-state index is 9.23. The predicted octanol–water partition coefficient (Wildman–Crippen LogP) is 1.94. The van der Waals surface area contributed by atoms with Crippen molar-refractivity contribution in [3.63, 3.8) is 0 Å². The molecule has 1 aromatic heterocycles. The van der Waals surface area contributed by atoms with Gasteiger partial charge in [-0.1, -0.05) is 0 Å². The minimum Gasteiger partial charge on any atom is -0.393 e. The van der Waals surface area contributed by atoms with Gasteiger partial charge in [-0.15, -0.1) is 11.3 Å². The van der Waals surface area contributed by atoms with Crippen LogP contribution in [0.5, 0.6) is 0 Å². The Morgan fingerprint density at radius 2 is 2.50 bits per heavy atom. The van der Waals surface area contributed by atoms with Gasteiger partial charge in [-0.25, -0.2) is 4.98 Å². The molecular weight excluding hydrogens is 170 g/mol. The Balaban J connectivity index is 2.13. The molecule has 2 rings (SSSR count). The molecular formula is C9H13NOS. The van der Waals surface area contributed by atoms with Crippen molar-refractivity contribution in [2.45, 2.75) is 38.2 Å². The second-order valence-corrected chi connectivity index (χ2v) is 4.43. The maximum Gasteiger partial charge on any atom is 0.0797 e. The third-order valence-corrected chi connectivity index (χ3v) is 2.99. The number of aliphatic hydroxyl groups is 1. The van der Waals surface area contributed by atoms with E-state index in [4.69, 9.17) is 0 Å². The second-order valence-electron chi connectivity index (χ2n) is 3.49. The number of nitrogens with zero attached hydrogens (tertiary/aromatic N) is 1. The van der Waals surface area contributed by atoms with E-state index < -0.39 is 0 Å². The molecule has 1 saturated carbocycles. The first-order valence-corrected chi connectivity index (χ1v) is 5.25. The van der Waals surface area contributed by atoms with E-state index in [9.17, 15) is 5.11 Å². The van der Waals surface area contributed by atoms with Gasteiger partial charge in [-0.05, 0) is 19.8 Å². The zero-order valence-electron chi connectivity index (χ0n) is 7.16. The Bertz CT molecular complexity index is 265. The summed E-state index contributed by atoms with van der Waals surface area (Å²) in [6, 6.07) is 0. The summed E-state index contributed by atoms with van der Waals surface area (Å²) in [5, 5.41) is 9.23. The predicted molar refractivity (Wildman–Crippen MR) is 49.5 cm³/mol. The third kappa shape index (κ3) is 1.67. The molecule has 66 valence electrons. The van der Waals surface area contributed by atoms with Crippen molar-refractivity contribution in [1.29, 1.82) is 0 Å². The van der Waals surface area contributed by atoms with E-state index in [-0.39, 0.29) is 6.10 Å². The summed E-state index contributed by atoms with van der Waals surface area (Å²) in [4.78, 5) is 5.62. The van der Waals surface area contributed by atoms with E-state index in [1.807, 2.05) is 12.4 Å². The summed E-state index contributed by atoms with van der Waals surface area (Å²) in [6.07, 6.45) is 3.12. The van der Waals surface area contributed by atoms with E-state index in [2.05, 4.69) is 4.98 Å². The molecule has 1 aliphatic rings. The topological polar surface area (TPSA) is 33.1 Å². The van der Waals surface area contributed by atoms with Crippen molar-refractivity contribution in [2.24, 2.45) is 0 Å². The molecule has 0 spiro atoms. The minimum atomic E-state index is -0.233. The highest BCUT2D eigenvalue weighted by molar-refractivity contribution is 7.09. The number of rotatable bonds is 3. The Hall–Kier alpha value is -0.410. The van der Waals surface area contributed by atoms with Crippen LogP contribution in [0, 0.1) is 0 Å². The van der Waals surface area contributed by atoms with Crippen LogP contribution < -0.4 is 0 Å². The fraction of sp³-hybridized carbons (Fsp3) is 0.667. The molecule has 2 nitrogen and oxygen atoms in total. The van der Waals surface area contributed by atoms with Crippen LogP contribution >= 0.6 is 11.3 Å². The van der Waals surface area contributed by atoms with Crippen molar-refractivity contribution in [1.82, 2.24) is 4.98 Å². The molecule has 1 aliphatic carbocycles. The van der Waals surface area contributed by atoms with Crippen LogP contribution in [0.4, 0.5) is 0 Å². The molecule has 0 bridgehead atoms. The highest BCUT2D eigenvalue weighted by Gasteiger charge is 2.28. The zero-order chi connectivity index (χ0) is 8.55. The molecule has 1 aromatic rings. The number of aliphatic hydroxyl groups excluding tert-OH is 1. The van der Waals surface area contributed by atoms with E-state index in [0.717, 1.165) is 6.42 Å². The fourth-order valence-electron chi connectivity index (χ4n) is 1.39. The Morgan fingerprint density at radius 3 is 3.08 bits per heavy atom. The lowest BCUT2D eigenvalue weighted by Crippen LogP contribution is -2.04. The van der Waals surface area contributed by atoms with Gasteiger partial charge >= 0.3 is 0 Å². The lowest BCUT2D eigenvalue weighted by atomic mass is 10.2. The lowest BCUT2D eigenvalue weighted by molar-refractivity contribution is 0.196. The minimum absolute atomic E-state index is 0.233. The number of aromatic nitrogens is 1. The Kier molecular flexibility index (Phi) is 2.15. The summed E-state index contributed by atoms with van der Waals surface area (Å²) < 4.78 is 0. The van der Waals surface area contributed by atoms with Gasteiger partial charge in [0.15, 0.2) is 0 Å². The van der Waals surface area contributed by atoms with E-state index >= 15 is 0 Å². The van der Waals surface area contributed by atoms with Crippen molar-refractivity contribution in [2.75, 3.05) is 0 Å². The summed E-state index contributed by atoms with van der Waals surface area (Å²) >= 11 is 1.68. The van der Waals surface area contributed by atoms with Gasteiger partial charge in [-0.3, -0.25) is 0 Å². The van der Waals surface area contributed by atoms with Gasteiger partial charge in [0.25, 0.3) is 0 Å². The fourth-order valence-corrected chi connectivity index (χ4v) is 2.36. The van der Waals surface area contributed by atoms with Gasteiger partial charge in [0, 0.05) is 17.2 Å². The highest BCUT2D eigenvalue weighted by atomic mass is 32.1. The molecule has 0 radical (unpaired) electrons. The summed E-state index contributed by atoms with van der Waals surface area (Å²) in [6.45, 7) is 1.83. The largest absolute Gasteiger partial charge is 0.393 e. The summed E-state index contributed by atoms with van der Waals surface area (Å²) in [5.74, 6) is 0.713. The quantitative estimate of drug-likeness (QED) is 0.777. The van der Waals surface area contributed by atoms with Crippen molar-refractivity contribution in [3.05, 3.63) is 16.1 Å². The molecule has 12 heavy (non-hydrogen) atoms. The molecule has 0 amide bonds. The number of hydrogen-bond donors (Lipinski definition) is 1. The molecule has 1 heterocycles. The van der Waals surface area contributed by atoms with Crippen LogP contribution in [0.2, 0.25) is 0 Å². The molecule has 1 N–H and O–H groups in total. The molecule has 1 fully saturated rings. The van der Waals surface area contributed by atoms with Crippen molar-refractivity contribution >= 4 is 11.3 Å². The van der Waals surface area contributed by atoms with Crippen LogP contribution in [0.1, 0.15) is 36.3 Å². The van der Waals surface area contributed by atoms with Gasteiger partial charge in [0.05, 0.1) is 17.3 Å². The Labute approximate surface area is 76.3 Å². The molecule has 0 aliphatic heterocycles. The molecule has 0 saturated heterocycles. The van der Waals surface area contributed by atoms with Crippen LogP contribution in [-0.4, -0.2) is 16.2 Å². The van der Waals surface area contributed by atoms with E-state index in [0.29, 0.717) is 5.92 Å². The summed E-state index contributed by atoms with van der Waals surface area (Å²) in [7, 11) is 0.